The van der Waals surface area contributed by atoms with Gasteiger partial charge in [0.1, 0.15) is 0 Å². The summed E-state index contributed by atoms with van der Waals surface area (Å²) in [6.07, 6.45) is 3.60. The van der Waals surface area contributed by atoms with E-state index in [4.69, 9.17) is 10.5 Å². The summed E-state index contributed by atoms with van der Waals surface area (Å²) in [6.45, 7) is 11.7. The molecule has 1 N–H and O–H groups in total. The van der Waals surface area contributed by atoms with Gasteiger partial charge in [-0.15, -0.1) is 47.7 Å². The Hall–Kier alpha value is 0.620. The third kappa shape index (κ3) is 9.71. The number of fused-ring (bicyclic) bond motifs is 2. The van der Waals surface area contributed by atoms with Crippen LogP contribution in [0, 0.1) is 14.9 Å². The molecule has 1 aliphatic heterocycles. The Balaban J connectivity index is -0.000000196. The molecule has 0 radical (unpaired) electrons. The summed E-state index contributed by atoms with van der Waals surface area (Å²) in [5, 5.41) is 2.29. The first-order chi connectivity index (χ1) is 10.2. The Labute approximate surface area is 197 Å². The van der Waals surface area contributed by atoms with Gasteiger partial charge >= 0.3 is 30.2 Å². The molecule has 0 aromatic heterocycles. The molecule has 1 unspecified atom stereocenters. The number of ether oxygens (including phenoxy) is 1. The summed E-state index contributed by atoms with van der Waals surface area (Å²) < 4.78 is 6.91. The molecule has 0 bridgehead atoms. The van der Waals surface area contributed by atoms with Gasteiger partial charge in [-0.2, -0.15) is 0 Å². The van der Waals surface area contributed by atoms with Crippen LogP contribution in [0.2, 0.25) is 0 Å². The summed E-state index contributed by atoms with van der Waals surface area (Å²) >= 11 is 5.04. The second-order valence-electron chi connectivity index (χ2n) is 6.21. The molecule has 1 aliphatic carbocycles. The van der Waals surface area contributed by atoms with Gasteiger partial charge in [-0.3, -0.25) is 0 Å². The average molecular weight is 559 g/mol. The Bertz CT molecular complexity index is 711. The summed E-state index contributed by atoms with van der Waals surface area (Å²) in [7, 11) is 0. The molecule has 0 spiro atoms. The van der Waals surface area contributed by atoms with E-state index < -0.39 is 0 Å². The van der Waals surface area contributed by atoms with Crippen molar-refractivity contribution in [2.75, 3.05) is 0 Å². The molecule has 26 heavy (non-hydrogen) atoms. The molecule has 150 valence electrons. The van der Waals surface area contributed by atoms with Crippen molar-refractivity contribution in [1.82, 2.24) is 0 Å². The summed E-state index contributed by atoms with van der Waals surface area (Å²) in [5.41, 5.74) is 9.11. The molecule has 1 atom stereocenters. The van der Waals surface area contributed by atoms with Gasteiger partial charge in [-0.1, -0.05) is 72.1 Å². The molecule has 1 aromatic carbocycles. The SMILES string of the molecule is CC(C)(C)[NH-].CC1=C2[C-]=c3cc(Br)ccc3=C2OC1C.Cl.Cl.[CH3-].[CH3-].[SiH2]=[Zr]. The Morgan fingerprint density at radius 1 is 1.19 bits per heavy atom. The van der Waals surface area contributed by atoms with Crippen LogP contribution < -0.4 is 10.4 Å². The number of benzene rings is 1. The molecule has 7 heteroatoms. The Morgan fingerprint density at radius 2 is 1.65 bits per heavy atom. The zero-order valence-corrected chi connectivity index (χ0v) is 23.7. The first kappa shape index (κ1) is 34.1. The first-order valence-corrected chi connectivity index (χ1v) is 13.8. The predicted octanol–water partition coefficient (Wildman–Crippen LogP) is 4.63. The van der Waals surface area contributed by atoms with Gasteiger partial charge in [0, 0.05) is 5.76 Å². The van der Waals surface area contributed by atoms with E-state index >= 15 is 0 Å². The third-order valence-corrected chi connectivity index (χ3v) is 3.50. The predicted molar refractivity (Wildman–Crippen MR) is 123 cm³/mol. The first-order valence-electron chi connectivity index (χ1n) is 7.09. The molecule has 1 aromatic rings. The topological polar surface area (TPSA) is 33.0 Å². The number of hydrogen-bond donors (Lipinski definition) is 0. The van der Waals surface area contributed by atoms with Crippen LogP contribution in [0.25, 0.3) is 17.6 Å². The molecule has 0 saturated carbocycles. The second-order valence-corrected chi connectivity index (χ2v) is 7.13. The molecule has 0 amide bonds. The maximum atomic E-state index is 6.94. The minimum absolute atomic E-state index is 0. The standard InChI is InChI=1S/C13H10BrO.C4H10N.2CH3.2ClH.H2Si.Zr/c1-7-8(2)15-13-11-4-3-10(14)5-9(11)6-12(7)13;1-4(2,3)5;;;;;;/h3-5,8H,1-2H3;5H,1-3H3;2*1H3;2*1H;1H2;/q4*-1;;;;. The number of rotatable bonds is 0. The Morgan fingerprint density at radius 3 is 2.12 bits per heavy atom. The minimum atomic E-state index is -0.250. The van der Waals surface area contributed by atoms with Gasteiger partial charge in [0.15, 0.2) is 0 Å². The van der Waals surface area contributed by atoms with E-state index in [1.54, 1.807) is 23.3 Å². The number of hydrogen-bond acceptors (Lipinski definition) is 1. The van der Waals surface area contributed by atoms with Gasteiger partial charge in [0.05, 0.1) is 6.10 Å². The zero-order chi connectivity index (χ0) is 17.1. The van der Waals surface area contributed by atoms with Gasteiger partial charge in [0.2, 0.25) is 0 Å². The fourth-order valence-corrected chi connectivity index (χ4v) is 2.37. The summed E-state index contributed by atoms with van der Waals surface area (Å²) in [5.74, 6) is 1.00. The van der Waals surface area contributed by atoms with Crippen LogP contribution in [-0.2, 0) is 28.1 Å². The fourth-order valence-electron chi connectivity index (χ4n) is 2.01. The summed E-state index contributed by atoms with van der Waals surface area (Å²) in [6, 6.07) is 6.20. The van der Waals surface area contributed by atoms with Crippen molar-refractivity contribution < 1.29 is 28.1 Å². The van der Waals surface area contributed by atoms with Crippen LogP contribution in [0.15, 0.2) is 33.8 Å². The van der Waals surface area contributed by atoms with E-state index in [1.807, 2.05) is 33.7 Å². The molecule has 1 heterocycles. The fraction of sp³-hybridized carbons (Fsp3) is 0.368. The van der Waals surface area contributed by atoms with E-state index in [0.29, 0.717) is 0 Å². The van der Waals surface area contributed by atoms with Gasteiger partial charge in [-0.25, -0.2) is 0 Å². The van der Waals surface area contributed by atoms with E-state index in [-0.39, 0.29) is 51.3 Å². The molecular formula is C19H30BrCl2NOSiZr-4. The Kier molecular flexibility index (Phi) is 19.2. The quantitative estimate of drug-likeness (QED) is 0.338. The monoisotopic (exact) mass is 555 g/mol. The van der Waals surface area contributed by atoms with Crippen LogP contribution in [0.3, 0.4) is 0 Å². The van der Waals surface area contributed by atoms with E-state index in [0.717, 1.165) is 26.2 Å². The van der Waals surface area contributed by atoms with Crippen molar-refractivity contribution in [1.29, 1.82) is 0 Å². The molecule has 2 nitrogen and oxygen atoms in total. The van der Waals surface area contributed by atoms with Gasteiger partial charge in [0.25, 0.3) is 0 Å². The van der Waals surface area contributed by atoms with Crippen molar-refractivity contribution in [3.8, 4) is 0 Å². The van der Waals surface area contributed by atoms with Crippen molar-refractivity contribution >= 4 is 59.5 Å². The molecule has 2 aliphatic rings. The molecular weight excluding hydrogens is 528 g/mol. The van der Waals surface area contributed by atoms with E-state index in [1.165, 1.54) is 5.57 Å². The van der Waals surface area contributed by atoms with Crippen LogP contribution >= 0.6 is 40.7 Å². The second kappa shape index (κ2) is 14.6. The summed E-state index contributed by atoms with van der Waals surface area (Å²) in [4.78, 5) is 0. The van der Waals surface area contributed by atoms with E-state index in [9.17, 15) is 0 Å². The van der Waals surface area contributed by atoms with Crippen LogP contribution in [0.1, 0.15) is 34.6 Å². The van der Waals surface area contributed by atoms with Crippen molar-refractivity contribution in [2.24, 2.45) is 0 Å². The average Bonchev–Trinajstić information content (AvgIpc) is 2.88. The van der Waals surface area contributed by atoms with Crippen LogP contribution in [0.5, 0.6) is 0 Å². The van der Waals surface area contributed by atoms with Crippen molar-refractivity contribution in [3.05, 3.63) is 64.8 Å². The van der Waals surface area contributed by atoms with Gasteiger partial charge < -0.3 is 25.3 Å². The third-order valence-electron chi connectivity index (χ3n) is 3.01. The maximum absolute atomic E-state index is 6.94. The number of halogens is 3. The molecule has 0 saturated heterocycles. The van der Waals surface area contributed by atoms with Gasteiger partial charge in [-0.05, 0) is 11.4 Å². The zero-order valence-electron chi connectivity index (χ0n) is 16.6. The van der Waals surface area contributed by atoms with Crippen LogP contribution in [-0.4, -0.2) is 18.5 Å². The normalized spacial score (nSPS) is 15.3. The van der Waals surface area contributed by atoms with Crippen molar-refractivity contribution in [2.45, 2.75) is 46.3 Å². The molecule has 3 rings (SSSR count). The number of nitrogens with one attached hydrogen (secondary N) is 1. The van der Waals surface area contributed by atoms with Crippen LogP contribution in [0.4, 0.5) is 0 Å². The molecule has 0 fully saturated rings. The van der Waals surface area contributed by atoms with Crippen molar-refractivity contribution in [3.63, 3.8) is 0 Å². The van der Waals surface area contributed by atoms with E-state index in [2.05, 4.69) is 48.0 Å².